The second-order valence-corrected chi connectivity index (χ2v) is 28.9. The summed E-state index contributed by atoms with van der Waals surface area (Å²) in [6.07, 6.45) is 2.44. The fourth-order valence-electron chi connectivity index (χ4n) is 15.9. The van der Waals surface area contributed by atoms with Crippen LogP contribution in [0, 0.1) is 13.8 Å². The Labute approximate surface area is 635 Å². The Kier molecular flexibility index (Phi) is 26.0. The molecule has 0 bridgehead atoms. The number of hydrogen-bond donors (Lipinski definition) is 0. The number of carbonyl (C=O) groups is 8. The summed E-state index contributed by atoms with van der Waals surface area (Å²) in [4.78, 5) is 105. The molecule has 566 valence electrons. The van der Waals surface area contributed by atoms with E-state index < -0.39 is 0 Å². The van der Waals surface area contributed by atoms with E-state index in [4.69, 9.17) is 4.74 Å². The summed E-state index contributed by atoms with van der Waals surface area (Å²) in [5, 5.41) is 8.17. The highest BCUT2D eigenvalue weighted by Gasteiger charge is 2.26. The number of methoxy groups -OCH3 is 1. The van der Waals surface area contributed by atoms with Crippen molar-refractivity contribution in [1.82, 2.24) is 37.9 Å². The van der Waals surface area contributed by atoms with Gasteiger partial charge in [0.15, 0.2) is 46.3 Å². The number of hydrogen-bond acceptors (Lipinski definition) is 13. The fraction of sp³-hybridized carbons (Fsp3) is 0.385. The molecule has 8 aromatic carbocycles. The molecule has 0 aliphatic carbocycles. The molecule has 1 saturated heterocycles. The Hall–Kier alpha value is -10.0. The summed E-state index contributed by atoms with van der Waals surface area (Å²) in [5.41, 5.74) is 16.3. The van der Waals surface area contributed by atoms with Gasteiger partial charge < -0.3 is 42.6 Å². The number of ketones is 8. The summed E-state index contributed by atoms with van der Waals surface area (Å²) >= 11 is 0. The highest BCUT2D eigenvalue weighted by molar-refractivity contribution is 6.19. The summed E-state index contributed by atoms with van der Waals surface area (Å²) in [6.45, 7) is 43.3. The van der Waals surface area contributed by atoms with Crippen LogP contribution in [0.3, 0.4) is 0 Å². The predicted octanol–water partition coefficient (Wildman–Crippen LogP) is 18.5. The van der Waals surface area contributed by atoms with Gasteiger partial charge in [0.1, 0.15) is 5.75 Å². The number of carbonyl (C=O) groups excluding carboxylic acids is 8. The molecule has 4 aromatic heterocycles. The zero-order chi connectivity index (χ0) is 78.3. The van der Waals surface area contributed by atoms with Crippen LogP contribution in [0.25, 0.3) is 87.2 Å². The Morgan fingerprint density at radius 3 is 1.05 bits per heavy atom. The normalized spacial score (nSPS) is 13.1. The highest BCUT2D eigenvalue weighted by Crippen LogP contribution is 2.41. The quantitative estimate of drug-likeness (QED) is 0.0468. The molecule has 17 nitrogen and oxygen atoms in total. The second kappa shape index (κ2) is 34.9. The lowest BCUT2D eigenvalue weighted by molar-refractivity contribution is 0.100. The number of aryl methyl sites for hydroxylation is 2. The first-order valence-corrected chi connectivity index (χ1v) is 38.4. The van der Waals surface area contributed by atoms with E-state index in [-0.39, 0.29) is 46.3 Å². The molecule has 0 radical (unpaired) electrons. The zero-order valence-electron chi connectivity index (χ0n) is 66.8. The molecule has 1 aliphatic heterocycles. The van der Waals surface area contributed by atoms with Crippen molar-refractivity contribution in [3.05, 3.63) is 183 Å². The zero-order valence-corrected chi connectivity index (χ0v) is 66.8. The maximum absolute atomic E-state index is 12.1. The molecular weight excluding hydrogens is 1350 g/mol. The molecule has 1 atom stereocenters. The highest BCUT2D eigenvalue weighted by atomic mass is 16.5. The van der Waals surface area contributed by atoms with E-state index in [1.54, 1.807) is 62.5 Å². The first kappa shape index (κ1) is 80.5. The fourth-order valence-corrected chi connectivity index (χ4v) is 15.9. The lowest BCUT2D eigenvalue weighted by Crippen LogP contribution is -2.29. The van der Waals surface area contributed by atoms with Crippen LogP contribution in [-0.2, 0) is 26.2 Å². The molecule has 1 aliphatic rings. The third kappa shape index (κ3) is 16.7. The Balaban J connectivity index is 0.000000154. The predicted molar refractivity (Wildman–Crippen MR) is 443 cm³/mol. The van der Waals surface area contributed by atoms with E-state index in [2.05, 4.69) is 111 Å². The molecule has 0 N–H and O–H groups in total. The van der Waals surface area contributed by atoms with Gasteiger partial charge in [-0.1, -0.05) is 41.5 Å². The van der Waals surface area contributed by atoms with Crippen molar-refractivity contribution in [3.63, 3.8) is 0 Å². The molecule has 1 fully saturated rings. The minimum atomic E-state index is -0.0366. The number of Topliss-reactive ketones (excluding diaryl/α,β-unsaturated/α-hetero) is 8. The number of nitrogens with zero attached hydrogens (tertiary/aromatic N) is 8. The molecule has 5 heterocycles. The Bertz CT molecular complexity index is 5370. The van der Waals surface area contributed by atoms with Crippen molar-refractivity contribution >= 4 is 133 Å². The minimum absolute atomic E-state index is 0.0210. The molecule has 13 rings (SSSR count). The van der Waals surface area contributed by atoms with Gasteiger partial charge in [-0.2, -0.15) is 0 Å². The van der Waals surface area contributed by atoms with Crippen LogP contribution >= 0.6 is 0 Å². The first-order chi connectivity index (χ1) is 51.6. The van der Waals surface area contributed by atoms with Crippen LogP contribution in [-0.4, -0.2) is 170 Å². The summed E-state index contributed by atoms with van der Waals surface area (Å²) in [6, 6.07) is 41.9. The minimum Gasteiger partial charge on any atom is -0.495 e. The molecule has 0 saturated carbocycles. The van der Waals surface area contributed by atoms with Gasteiger partial charge in [0.05, 0.1) is 23.6 Å². The number of benzene rings is 8. The molecule has 0 spiro atoms. The van der Waals surface area contributed by atoms with Crippen LogP contribution in [0.2, 0.25) is 0 Å². The average Bonchev–Trinajstić information content (AvgIpc) is 1.59. The lowest BCUT2D eigenvalue weighted by Gasteiger charge is -2.21. The van der Waals surface area contributed by atoms with Gasteiger partial charge >= 0.3 is 0 Å². The molecule has 1 unspecified atom stereocenters. The molecule has 17 heteroatoms. The molecule has 12 aromatic rings. The number of likely N-dealkylation sites (tertiary alicyclic amines) is 1. The van der Waals surface area contributed by atoms with E-state index in [1.807, 2.05) is 117 Å². The van der Waals surface area contributed by atoms with Gasteiger partial charge in [-0.25, -0.2) is 0 Å². The van der Waals surface area contributed by atoms with Crippen LogP contribution < -0.4 is 4.74 Å². The molecule has 108 heavy (non-hydrogen) atoms. The van der Waals surface area contributed by atoms with Gasteiger partial charge in [0.2, 0.25) is 0 Å². The van der Waals surface area contributed by atoms with E-state index in [0.717, 1.165) is 201 Å². The Morgan fingerprint density at radius 2 is 0.694 bits per heavy atom. The third-order valence-electron chi connectivity index (χ3n) is 22.4. The standard InChI is InChI=1S/C23H28N2O3.2C23H28N2O2.C22H24N2O2/c1-6-24(7-2)12-13-25-20-10-8-17(15(3)26)14-19(20)22-21(25)11-9-18(16(4)27)23(22)28-5;1-6-24(7-2)12-13-25-21-10-8-18(16(4)26)14-20(21)23-15(3)19(17(5)27)9-11-22(23)25;1-6-24(7-2)10-11-25-22-9-8-18(16(4)26)13-20(22)21-14-19(17(5)27)15(3)12-23(21)25;1-14(25)16-6-8-21-19(11-16)20-12-17(15(2)26)7-9-22(20)24(21)13-18-5-4-10-23(18)3/h8-11,14H,6-7,12-13H2,1-5H3;8-11,14H,6-7,12-13H2,1-5H3;8-9,12-14H,6-7,10-11H2,1-5H3;6-9,11-12,18H,4-5,10,13H2,1-3H3. The second-order valence-electron chi connectivity index (χ2n) is 28.9. The van der Waals surface area contributed by atoms with Crippen molar-refractivity contribution in [1.29, 1.82) is 0 Å². The number of fused-ring (bicyclic) bond motifs is 12. The smallest absolute Gasteiger partial charge is 0.163 e. The van der Waals surface area contributed by atoms with Crippen molar-refractivity contribution < 1.29 is 43.1 Å². The SMILES string of the molecule is CC(=O)c1ccc2c(c1)c1cc(C(C)=O)ccc1n2CC1CCCN1C.CCN(CC)CCn1c2ccc(C(C)=O)cc2c2c(C)c(C(C)=O)ccc21.CCN(CC)CCn1c2ccc(C(C)=O)cc2c2c(OC)c(C(C)=O)ccc21.CCN(CC)CCn1c2ccc(C(C)=O)cc2c2cc(C(C)=O)c(C)cc21. The maximum atomic E-state index is 12.1. The topological polar surface area (TPSA) is 178 Å². The van der Waals surface area contributed by atoms with E-state index in [0.29, 0.717) is 45.2 Å². The van der Waals surface area contributed by atoms with Crippen molar-refractivity contribution in [2.75, 3.05) is 79.6 Å². The first-order valence-electron chi connectivity index (χ1n) is 38.4. The van der Waals surface area contributed by atoms with E-state index in [9.17, 15) is 38.4 Å². The monoisotopic (exact) mass is 1460 g/mol. The van der Waals surface area contributed by atoms with Gasteiger partial charge in [0, 0.05) is 167 Å². The number of rotatable bonds is 26. The number of likely N-dealkylation sites (N-methyl/N-ethyl adjacent to an activating group) is 4. The van der Waals surface area contributed by atoms with Gasteiger partial charge in [-0.05, 0) is 273 Å². The third-order valence-corrected chi connectivity index (χ3v) is 22.4. The molecule has 0 amide bonds. The average molecular weight is 1460 g/mol. The van der Waals surface area contributed by atoms with Crippen LogP contribution in [0.1, 0.15) is 204 Å². The largest absolute Gasteiger partial charge is 0.495 e. The number of ether oxygens (including phenoxy) is 1. The maximum Gasteiger partial charge on any atom is 0.163 e. The van der Waals surface area contributed by atoms with Gasteiger partial charge in [-0.3, -0.25) is 38.4 Å². The van der Waals surface area contributed by atoms with Crippen molar-refractivity contribution in [2.45, 2.75) is 156 Å². The number of aromatic nitrogens is 4. The van der Waals surface area contributed by atoms with Crippen LogP contribution in [0.5, 0.6) is 5.75 Å². The van der Waals surface area contributed by atoms with Gasteiger partial charge in [0.25, 0.3) is 0 Å². The van der Waals surface area contributed by atoms with E-state index >= 15 is 0 Å². The van der Waals surface area contributed by atoms with Crippen molar-refractivity contribution in [3.8, 4) is 5.75 Å². The Morgan fingerprint density at radius 1 is 0.370 bits per heavy atom. The van der Waals surface area contributed by atoms with E-state index in [1.165, 1.54) is 12.8 Å². The van der Waals surface area contributed by atoms with Gasteiger partial charge in [-0.15, -0.1) is 0 Å². The van der Waals surface area contributed by atoms with Crippen LogP contribution in [0.15, 0.2) is 127 Å². The lowest BCUT2D eigenvalue weighted by atomic mass is 9.98. The molecular formula is C91H108N8O9. The summed E-state index contributed by atoms with van der Waals surface area (Å²) in [5.74, 6) is 0.941. The van der Waals surface area contributed by atoms with Crippen molar-refractivity contribution in [2.24, 2.45) is 0 Å². The van der Waals surface area contributed by atoms with Crippen LogP contribution in [0.4, 0.5) is 0 Å². The summed E-state index contributed by atoms with van der Waals surface area (Å²) < 4.78 is 14.9. The summed E-state index contributed by atoms with van der Waals surface area (Å²) in [7, 11) is 3.78.